The summed E-state index contributed by atoms with van der Waals surface area (Å²) in [6.45, 7) is 4.78. The molecule has 0 aromatic heterocycles. The molecule has 2 amide bonds. The van der Waals surface area contributed by atoms with Gasteiger partial charge in [-0.05, 0) is 26.3 Å². The number of aliphatic hydroxyl groups excluding tert-OH is 1. The largest absolute Gasteiger partial charge is 0.445 e. The van der Waals surface area contributed by atoms with E-state index in [4.69, 9.17) is 9.47 Å². The SMILES string of the molecule is CC(C)(C)OC(=O)N1C[C@H](NC(=O)OCc2ccccc2)[C@H](O)[C@@H](F)C1. The van der Waals surface area contributed by atoms with Gasteiger partial charge in [-0.1, -0.05) is 30.3 Å². The smallest absolute Gasteiger partial charge is 0.410 e. The number of amides is 2. The van der Waals surface area contributed by atoms with E-state index in [0.717, 1.165) is 10.5 Å². The van der Waals surface area contributed by atoms with Crippen molar-refractivity contribution in [1.82, 2.24) is 10.2 Å². The molecule has 1 aromatic rings. The first kappa shape index (κ1) is 20.0. The van der Waals surface area contributed by atoms with Crippen LogP contribution in [0.5, 0.6) is 0 Å². The number of ether oxygens (including phenoxy) is 2. The van der Waals surface area contributed by atoms with Gasteiger partial charge in [-0.15, -0.1) is 0 Å². The first-order valence-electron chi connectivity index (χ1n) is 8.43. The molecule has 144 valence electrons. The Hall–Kier alpha value is -2.35. The van der Waals surface area contributed by atoms with Gasteiger partial charge in [-0.2, -0.15) is 0 Å². The fraction of sp³-hybridized carbons (Fsp3) is 0.556. The van der Waals surface area contributed by atoms with Crippen LogP contribution in [0.4, 0.5) is 14.0 Å². The van der Waals surface area contributed by atoms with Crippen LogP contribution in [0.1, 0.15) is 26.3 Å². The van der Waals surface area contributed by atoms with Gasteiger partial charge < -0.3 is 24.8 Å². The van der Waals surface area contributed by atoms with Gasteiger partial charge in [0.15, 0.2) is 0 Å². The van der Waals surface area contributed by atoms with Crippen LogP contribution < -0.4 is 5.32 Å². The number of carbonyl (C=O) groups excluding carboxylic acids is 2. The minimum Gasteiger partial charge on any atom is -0.445 e. The minimum atomic E-state index is -1.70. The topological polar surface area (TPSA) is 88.1 Å². The number of rotatable bonds is 3. The Bertz CT molecular complexity index is 620. The Morgan fingerprint density at radius 1 is 1.27 bits per heavy atom. The van der Waals surface area contributed by atoms with E-state index in [1.807, 2.05) is 18.2 Å². The Morgan fingerprint density at radius 2 is 1.92 bits per heavy atom. The molecular formula is C18H25FN2O5. The summed E-state index contributed by atoms with van der Waals surface area (Å²) in [6, 6.07) is 8.07. The van der Waals surface area contributed by atoms with Gasteiger partial charge in [-0.25, -0.2) is 14.0 Å². The van der Waals surface area contributed by atoms with Crippen LogP contribution in [0.2, 0.25) is 0 Å². The molecule has 0 aliphatic carbocycles. The zero-order valence-corrected chi connectivity index (χ0v) is 15.1. The quantitative estimate of drug-likeness (QED) is 0.854. The average Bonchev–Trinajstić information content (AvgIpc) is 2.56. The standard InChI is InChI=1S/C18H25FN2O5/c1-18(2,3)26-17(24)21-9-13(19)15(22)14(10-21)20-16(23)25-11-12-7-5-4-6-8-12/h4-8,13-15,22H,9-11H2,1-3H3,(H,20,23)/t13-,14-,15+/m0/s1. The molecule has 1 fully saturated rings. The Kier molecular flexibility index (Phi) is 6.42. The van der Waals surface area contributed by atoms with E-state index in [1.54, 1.807) is 32.9 Å². The van der Waals surface area contributed by atoms with Crippen molar-refractivity contribution in [2.45, 2.75) is 51.3 Å². The molecule has 0 unspecified atom stereocenters. The predicted molar refractivity (Wildman–Crippen MR) is 92.3 cm³/mol. The molecule has 8 heteroatoms. The molecule has 3 atom stereocenters. The van der Waals surface area contributed by atoms with Crippen LogP contribution in [0.3, 0.4) is 0 Å². The summed E-state index contributed by atoms with van der Waals surface area (Å²) in [7, 11) is 0. The molecule has 0 radical (unpaired) electrons. The third kappa shape index (κ3) is 5.87. The summed E-state index contributed by atoms with van der Waals surface area (Å²) in [5, 5.41) is 12.4. The van der Waals surface area contributed by atoms with Crippen molar-refractivity contribution in [3.05, 3.63) is 35.9 Å². The minimum absolute atomic E-state index is 0.0460. The lowest BCUT2D eigenvalue weighted by Crippen LogP contribution is -2.61. The highest BCUT2D eigenvalue weighted by atomic mass is 19.1. The van der Waals surface area contributed by atoms with E-state index in [0.29, 0.717) is 0 Å². The van der Waals surface area contributed by atoms with Gasteiger partial charge in [0.1, 0.15) is 24.5 Å². The fourth-order valence-corrected chi connectivity index (χ4v) is 2.51. The van der Waals surface area contributed by atoms with Crippen molar-refractivity contribution in [2.24, 2.45) is 0 Å². The zero-order valence-electron chi connectivity index (χ0n) is 15.1. The lowest BCUT2D eigenvalue weighted by atomic mass is 10.0. The van der Waals surface area contributed by atoms with Gasteiger partial charge >= 0.3 is 12.2 Å². The van der Waals surface area contributed by atoms with E-state index >= 15 is 0 Å². The second-order valence-corrected chi connectivity index (χ2v) is 7.20. The van der Waals surface area contributed by atoms with E-state index < -0.39 is 36.1 Å². The maximum absolute atomic E-state index is 14.1. The molecule has 1 aliphatic rings. The Morgan fingerprint density at radius 3 is 2.54 bits per heavy atom. The predicted octanol–water partition coefficient (Wildman–Crippen LogP) is 2.23. The lowest BCUT2D eigenvalue weighted by molar-refractivity contribution is -0.0335. The molecule has 0 bridgehead atoms. The molecule has 0 spiro atoms. The molecule has 1 aromatic carbocycles. The van der Waals surface area contributed by atoms with Gasteiger partial charge in [0.2, 0.25) is 0 Å². The highest BCUT2D eigenvalue weighted by Gasteiger charge is 2.40. The second kappa shape index (κ2) is 8.35. The lowest BCUT2D eigenvalue weighted by Gasteiger charge is -2.38. The number of aliphatic hydroxyl groups is 1. The first-order chi connectivity index (χ1) is 12.2. The van der Waals surface area contributed by atoms with E-state index in [1.165, 1.54) is 0 Å². The average molecular weight is 368 g/mol. The normalized spacial score (nSPS) is 23.3. The number of likely N-dealkylation sites (tertiary alicyclic amines) is 1. The van der Waals surface area contributed by atoms with Crippen molar-refractivity contribution in [3.8, 4) is 0 Å². The second-order valence-electron chi connectivity index (χ2n) is 7.20. The number of alkyl carbamates (subject to hydrolysis) is 1. The van der Waals surface area contributed by atoms with Gasteiger partial charge in [0.05, 0.1) is 12.6 Å². The van der Waals surface area contributed by atoms with E-state index in [9.17, 15) is 19.1 Å². The molecule has 26 heavy (non-hydrogen) atoms. The van der Waals surface area contributed by atoms with Crippen molar-refractivity contribution in [1.29, 1.82) is 0 Å². The number of nitrogens with one attached hydrogen (secondary N) is 1. The molecule has 1 heterocycles. The van der Waals surface area contributed by atoms with Crippen molar-refractivity contribution < 1.29 is 28.6 Å². The number of halogens is 1. The van der Waals surface area contributed by atoms with Crippen molar-refractivity contribution >= 4 is 12.2 Å². The van der Waals surface area contributed by atoms with Gasteiger partial charge in [0, 0.05) is 6.54 Å². The van der Waals surface area contributed by atoms with Crippen LogP contribution in [0.15, 0.2) is 30.3 Å². The highest BCUT2D eigenvalue weighted by molar-refractivity contribution is 5.70. The molecule has 1 aliphatic heterocycles. The van der Waals surface area contributed by atoms with Crippen LogP contribution >= 0.6 is 0 Å². The van der Waals surface area contributed by atoms with Crippen molar-refractivity contribution in [3.63, 3.8) is 0 Å². The van der Waals surface area contributed by atoms with Gasteiger partial charge in [0.25, 0.3) is 0 Å². The van der Waals surface area contributed by atoms with Crippen LogP contribution in [0.25, 0.3) is 0 Å². The number of carbonyl (C=O) groups is 2. The van der Waals surface area contributed by atoms with Crippen LogP contribution in [-0.4, -0.2) is 59.2 Å². The number of benzene rings is 1. The molecule has 2 rings (SSSR count). The van der Waals surface area contributed by atoms with Crippen molar-refractivity contribution in [2.75, 3.05) is 13.1 Å². The first-order valence-corrected chi connectivity index (χ1v) is 8.43. The number of hydrogen-bond acceptors (Lipinski definition) is 5. The molecular weight excluding hydrogens is 343 g/mol. The number of piperidine rings is 1. The maximum Gasteiger partial charge on any atom is 0.410 e. The summed E-state index contributed by atoms with van der Waals surface area (Å²) in [5.74, 6) is 0. The highest BCUT2D eigenvalue weighted by Crippen LogP contribution is 2.18. The van der Waals surface area contributed by atoms with Crippen LogP contribution in [0, 0.1) is 0 Å². The third-order valence-electron chi connectivity index (χ3n) is 3.76. The zero-order chi connectivity index (χ0) is 19.3. The van der Waals surface area contributed by atoms with Gasteiger partial charge in [-0.3, -0.25) is 0 Å². The molecule has 1 saturated heterocycles. The number of nitrogens with zero attached hydrogens (tertiary/aromatic N) is 1. The van der Waals surface area contributed by atoms with E-state index in [-0.39, 0.29) is 19.7 Å². The molecule has 2 N–H and O–H groups in total. The third-order valence-corrected chi connectivity index (χ3v) is 3.76. The fourth-order valence-electron chi connectivity index (χ4n) is 2.51. The Balaban J connectivity index is 1.91. The van der Waals surface area contributed by atoms with E-state index in [2.05, 4.69) is 5.32 Å². The van der Waals surface area contributed by atoms with Crippen LogP contribution in [-0.2, 0) is 16.1 Å². The maximum atomic E-state index is 14.1. The monoisotopic (exact) mass is 368 g/mol. The summed E-state index contributed by atoms with van der Waals surface area (Å²) in [4.78, 5) is 25.2. The number of hydrogen-bond donors (Lipinski definition) is 2. The summed E-state index contributed by atoms with van der Waals surface area (Å²) in [5.41, 5.74) is 0.0711. The molecule has 7 nitrogen and oxygen atoms in total. The summed E-state index contributed by atoms with van der Waals surface area (Å²) < 4.78 is 24.4. The molecule has 0 saturated carbocycles. The Labute approximate surface area is 152 Å². The number of alkyl halides is 1. The summed E-state index contributed by atoms with van der Waals surface area (Å²) in [6.07, 6.45) is -4.62. The summed E-state index contributed by atoms with van der Waals surface area (Å²) >= 11 is 0.